The van der Waals surface area contributed by atoms with Crippen LogP contribution in [-0.2, 0) is 24.1 Å². The number of nitrogens with one attached hydrogen (secondary N) is 2. The predicted octanol–water partition coefficient (Wildman–Crippen LogP) is 1.01. The quantitative estimate of drug-likeness (QED) is 0.734. The molecular formula is C13H13F3N4O3. The van der Waals surface area contributed by atoms with Crippen molar-refractivity contribution in [2.24, 2.45) is 0 Å². The second-order valence-electron chi connectivity index (χ2n) is 4.47. The topological polar surface area (TPSA) is 100 Å². The summed E-state index contributed by atoms with van der Waals surface area (Å²) in [6.07, 6.45) is -4.64. The molecule has 0 aliphatic rings. The molecule has 1 aromatic carbocycles. The number of hydrogen-bond donors (Lipinski definition) is 3. The van der Waals surface area contributed by atoms with Crippen LogP contribution in [0.15, 0.2) is 24.3 Å². The fraction of sp³-hybridized carbons (Fsp3) is 0.308. The number of carbonyl (C=O) groups is 1. The summed E-state index contributed by atoms with van der Waals surface area (Å²) >= 11 is 0. The van der Waals surface area contributed by atoms with Gasteiger partial charge in [0, 0.05) is 0 Å². The number of rotatable bonds is 6. The highest BCUT2D eigenvalue weighted by Crippen LogP contribution is 2.25. The summed E-state index contributed by atoms with van der Waals surface area (Å²) in [6, 6.07) is 6.45. The maximum Gasteiger partial charge on any atom is 0.453 e. The predicted molar refractivity (Wildman–Crippen MR) is 71.1 cm³/mol. The zero-order valence-corrected chi connectivity index (χ0v) is 11.7. The summed E-state index contributed by atoms with van der Waals surface area (Å²) in [5.74, 6) is -1.50. The summed E-state index contributed by atoms with van der Waals surface area (Å²) in [7, 11) is 0. The first-order chi connectivity index (χ1) is 10.9. The van der Waals surface area contributed by atoms with Gasteiger partial charge < -0.3 is 15.2 Å². The number of amides is 1. The third kappa shape index (κ3) is 4.95. The lowest BCUT2D eigenvalue weighted by Crippen LogP contribution is -2.28. The van der Waals surface area contributed by atoms with Crippen LogP contribution in [-0.4, -0.2) is 32.8 Å². The molecule has 1 aromatic heterocycles. The van der Waals surface area contributed by atoms with Crippen molar-refractivity contribution < 1.29 is 27.8 Å². The van der Waals surface area contributed by atoms with Crippen molar-refractivity contribution in [3.8, 4) is 5.75 Å². The molecular weight excluding hydrogens is 317 g/mol. The third-order valence-electron chi connectivity index (χ3n) is 2.71. The Bertz CT molecular complexity index is 655. The molecule has 10 heteroatoms. The smallest absolute Gasteiger partial charge is 0.453 e. The Morgan fingerprint density at radius 2 is 2.00 bits per heavy atom. The van der Waals surface area contributed by atoms with Gasteiger partial charge in [-0.15, -0.1) is 5.10 Å². The van der Waals surface area contributed by atoms with Crippen LogP contribution in [0.5, 0.6) is 5.75 Å². The van der Waals surface area contributed by atoms with Gasteiger partial charge >= 0.3 is 6.18 Å². The van der Waals surface area contributed by atoms with E-state index in [2.05, 4.69) is 20.5 Å². The lowest BCUT2D eigenvalue weighted by molar-refractivity contribution is -0.144. The number of ether oxygens (including phenoxy) is 1. The number of aromatic nitrogens is 3. The zero-order chi connectivity index (χ0) is 16.9. The fourth-order valence-electron chi connectivity index (χ4n) is 1.57. The number of benzene rings is 1. The Kier molecular flexibility index (Phi) is 5.16. The van der Waals surface area contributed by atoms with Crippen molar-refractivity contribution >= 4 is 5.91 Å². The number of aliphatic hydroxyl groups is 1. The van der Waals surface area contributed by atoms with Gasteiger partial charge in [0.1, 0.15) is 11.6 Å². The number of halogens is 3. The van der Waals surface area contributed by atoms with Crippen molar-refractivity contribution in [1.29, 1.82) is 0 Å². The second kappa shape index (κ2) is 7.09. The van der Waals surface area contributed by atoms with Crippen LogP contribution in [0.1, 0.15) is 17.2 Å². The fourth-order valence-corrected chi connectivity index (χ4v) is 1.57. The summed E-state index contributed by atoms with van der Waals surface area (Å²) in [5.41, 5.74) is 0.701. The van der Waals surface area contributed by atoms with Crippen molar-refractivity contribution in [3.63, 3.8) is 0 Å². The van der Waals surface area contributed by atoms with Crippen LogP contribution in [0.2, 0.25) is 0 Å². The number of aromatic amines is 1. The highest BCUT2D eigenvalue weighted by molar-refractivity contribution is 5.77. The highest BCUT2D eigenvalue weighted by Gasteiger charge is 2.35. The number of aliphatic hydroxyl groups excluding tert-OH is 1. The molecule has 23 heavy (non-hydrogen) atoms. The molecule has 0 aliphatic heterocycles. The van der Waals surface area contributed by atoms with Crippen LogP contribution in [0.4, 0.5) is 13.2 Å². The third-order valence-corrected chi connectivity index (χ3v) is 2.71. The summed E-state index contributed by atoms with van der Waals surface area (Å²) < 4.78 is 42.1. The normalized spacial score (nSPS) is 11.3. The number of nitrogens with zero attached hydrogens (tertiary/aromatic N) is 2. The van der Waals surface area contributed by atoms with Gasteiger partial charge in [-0.25, -0.2) is 4.98 Å². The van der Waals surface area contributed by atoms with Crippen LogP contribution in [0, 0.1) is 0 Å². The first kappa shape index (κ1) is 16.7. The molecule has 0 spiro atoms. The monoisotopic (exact) mass is 330 g/mol. The molecule has 0 unspecified atom stereocenters. The molecule has 0 atom stereocenters. The molecule has 1 heterocycles. The molecule has 1 amide bonds. The molecule has 0 saturated carbocycles. The van der Waals surface area contributed by atoms with Gasteiger partial charge in [-0.05, 0) is 17.7 Å². The van der Waals surface area contributed by atoms with Crippen molar-refractivity contribution in [1.82, 2.24) is 20.5 Å². The Balaban J connectivity index is 1.77. The van der Waals surface area contributed by atoms with Gasteiger partial charge in [0.25, 0.3) is 11.7 Å². The molecule has 124 valence electrons. The number of carbonyl (C=O) groups excluding carboxylic acids is 1. The Hall–Kier alpha value is -2.62. The van der Waals surface area contributed by atoms with Crippen molar-refractivity contribution in [2.75, 3.05) is 6.61 Å². The Morgan fingerprint density at radius 1 is 1.30 bits per heavy atom. The SMILES string of the molecule is O=C(COc1ccc(CO)cc1)NCc1nc(C(F)(F)F)n[nH]1. The minimum absolute atomic E-state index is 0.0993. The van der Waals surface area contributed by atoms with Gasteiger partial charge in [-0.2, -0.15) is 13.2 Å². The minimum atomic E-state index is -4.64. The highest BCUT2D eigenvalue weighted by atomic mass is 19.4. The molecule has 7 nitrogen and oxygen atoms in total. The lowest BCUT2D eigenvalue weighted by Gasteiger charge is -2.07. The zero-order valence-electron chi connectivity index (χ0n) is 11.7. The van der Waals surface area contributed by atoms with Crippen molar-refractivity contribution in [2.45, 2.75) is 19.3 Å². The van der Waals surface area contributed by atoms with Crippen LogP contribution >= 0.6 is 0 Å². The number of alkyl halides is 3. The van der Waals surface area contributed by atoms with E-state index in [1.54, 1.807) is 24.3 Å². The summed E-state index contributed by atoms with van der Waals surface area (Å²) in [6.45, 7) is -0.634. The van der Waals surface area contributed by atoms with E-state index in [9.17, 15) is 18.0 Å². The van der Waals surface area contributed by atoms with Crippen LogP contribution in [0.25, 0.3) is 0 Å². The summed E-state index contributed by atoms with van der Waals surface area (Å²) in [5, 5.41) is 16.3. The van der Waals surface area contributed by atoms with Crippen LogP contribution in [0.3, 0.4) is 0 Å². The molecule has 0 fully saturated rings. The standard InChI is InChI=1S/C13H13F3N4O3/c14-13(15,16)12-18-10(19-20-12)5-17-11(22)7-23-9-3-1-8(6-21)2-4-9/h1-4,21H,5-7H2,(H,17,22)(H,18,19,20). The van der Waals surface area contributed by atoms with Gasteiger partial charge in [-0.3, -0.25) is 9.89 Å². The van der Waals surface area contributed by atoms with Gasteiger partial charge in [-0.1, -0.05) is 12.1 Å². The van der Waals surface area contributed by atoms with E-state index >= 15 is 0 Å². The molecule has 0 saturated heterocycles. The van der Waals surface area contributed by atoms with Crippen LogP contribution < -0.4 is 10.1 Å². The first-order valence-corrected chi connectivity index (χ1v) is 6.46. The van der Waals surface area contributed by atoms with Crippen molar-refractivity contribution in [3.05, 3.63) is 41.5 Å². The van der Waals surface area contributed by atoms with E-state index < -0.39 is 17.9 Å². The molecule has 2 rings (SSSR count). The van der Waals surface area contributed by atoms with E-state index in [0.717, 1.165) is 0 Å². The largest absolute Gasteiger partial charge is 0.484 e. The molecule has 0 bridgehead atoms. The van der Waals surface area contributed by atoms with Gasteiger partial charge in [0.05, 0.1) is 13.2 Å². The molecule has 3 N–H and O–H groups in total. The Labute approximate surface area is 128 Å². The second-order valence-corrected chi connectivity index (χ2v) is 4.47. The van der Waals surface area contributed by atoms with E-state index in [1.807, 2.05) is 0 Å². The van der Waals surface area contributed by atoms with E-state index in [0.29, 0.717) is 11.3 Å². The molecule has 2 aromatic rings. The van der Waals surface area contributed by atoms with Gasteiger partial charge in [0.15, 0.2) is 6.61 Å². The van der Waals surface area contributed by atoms with E-state index in [-0.39, 0.29) is 25.6 Å². The number of H-pyrrole nitrogens is 1. The minimum Gasteiger partial charge on any atom is -0.484 e. The summed E-state index contributed by atoms with van der Waals surface area (Å²) in [4.78, 5) is 14.8. The van der Waals surface area contributed by atoms with E-state index in [4.69, 9.17) is 9.84 Å². The van der Waals surface area contributed by atoms with E-state index in [1.165, 1.54) is 0 Å². The maximum atomic E-state index is 12.3. The Morgan fingerprint density at radius 3 is 2.57 bits per heavy atom. The number of hydrogen-bond acceptors (Lipinski definition) is 5. The average molecular weight is 330 g/mol. The molecule has 0 radical (unpaired) electrons. The molecule has 0 aliphatic carbocycles. The van der Waals surface area contributed by atoms with Gasteiger partial charge in [0.2, 0.25) is 0 Å². The lowest BCUT2D eigenvalue weighted by atomic mass is 10.2. The first-order valence-electron chi connectivity index (χ1n) is 6.46. The maximum absolute atomic E-state index is 12.3. The average Bonchev–Trinajstić information content (AvgIpc) is 3.00.